The maximum atomic E-state index is 8.75. The van der Waals surface area contributed by atoms with E-state index in [2.05, 4.69) is 9.97 Å². The molecule has 0 bridgehead atoms. The van der Waals surface area contributed by atoms with Gasteiger partial charge in [0.05, 0.1) is 24.8 Å². The van der Waals surface area contributed by atoms with Crippen LogP contribution in [0.4, 0.5) is 0 Å². The van der Waals surface area contributed by atoms with Crippen LogP contribution in [0.3, 0.4) is 0 Å². The lowest BCUT2D eigenvalue weighted by atomic mass is 10.4. The molecular formula is C8H8N2O2. The number of rotatable bonds is 2. The van der Waals surface area contributed by atoms with Crippen LogP contribution in [0.5, 0.6) is 0 Å². The van der Waals surface area contributed by atoms with Gasteiger partial charge in [-0.3, -0.25) is 0 Å². The molecule has 62 valence electrons. The molecule has 2 heterocycles. The van der Waals surface area contributed by atoms with Crippen LogP contribution in [0.15, 0.2) is 29.0 Å². The van der Waals surface area contributed by atoms with Gasteiger partial charge in [-0.15, -0.1) is 0 Å². The number of aliphatic hydroxyl groups is 1. The first kappa shape index (κ1) is 7.12. The van der Waals surface area contributed by atoms with E-state index in [0.29, 0.717) is 17.3 Å². The summed E-state index contributed by atoms with van der Waals surface area (Å²) in [4.78, 5) is 6.93. The molecule has 2 rings (SSSR count). The number of hydrogen-bond donors (Lipinski definition) is 2. The van der Waals surface area contributed by atoms with E-state index in [0.717, 1.165) is 0 Å². The Morgan fingerprint density at radius 2 is 2.50 bits per heavy atom. The Hall–Kier alpha value is -1.55. The Labute approximate surface area is 68.9 Å². The van der Waals surface area contributed by atoms with Crippen molar-refractivity contribution in [2.45, 2.75) is 6.61 Å². The second kappa shape index (κ2) is 2.83. The molecule has 0 atom stereocenters. The average molecular weight is 164 g/mol. The summed E-state index contributed by atoms with van der Waals surface area (Å²) in [6.07, 6.45) is 3.16. The molecule has 0 aliphatic heterocycles. The SMILES string of the molecule is OCc1cnc(-c2ccco2)[nH]1. The molecular weight excluding hydrogens is 156 g/mol. The van der Waals surface area contributed by atoms with E-state index in [9.17, 15) is 0 Å². The fourth-order valence-electron chi connectivity index (χ4n) is 0.978. The topological polar surface area (TPSA) is 62.1 Å². The summed E-state index contributed by atoms with van der Waals surface area (Å²) in [7, 11) is 0. The van der Waals surface area contributed by atoms with Gasteiger partial charge in [0.1, 0.15) is 0 Å². The second-order valence-electron chi connectivity index (χ2n) is 2.39. The monoisotopic (exact) mass is 164 g/mol. The molecule has 0 aliphatic rings. The van der Waals surface area contributed by atoms with Crippen molar-refractivity contribution in [1.82, 2.24) is 9.97 Å². The van der Waals surface area contributed by atoms with Crippen LogP contribution in [-0.2, 0) is 6.61 Å². The number of nitrogens with zero attached hydrogens (tertiary/aromatic N) is 1. The largest absolute Gasteiger partial charge is 0.461 e. The van der Waals surface area contributed by atoms with E-state index in [1.165, 1.54) is 0 Å². The van der Waals surface area contributed by atoms with E-state index >= 15 is 0 Å². The lowest BCUT2D eigenvalue weighted by molar-refractivity contribution is 0.277. The van der Waals surface area contributed by atoms with Gasteiger partial charge in [-0.1, -0.05) is 0 Å². The van der Waals surface area contributed by atoms with Crippen molar-refractivity contribution in [1.29, 1.82) is 0 Å². The summed E-state index contributed by atoms with van der Waals surface area (Å²) in [5.74, 6) is 1.32. The number of nitrogens with one attached hydrogen (secondary N) is 1. The average Bonchev–Trinajstić information content (AvgIpc) is 2.75. The quantitative estimate of drug-likeness (QED) is 0.700. The third kappa shape index (κ3) is 1.12. The summed E-state index contributed by atoms with van der Waals surface area (Å²) < 4.78 is 5.10. The Balaban J connectivity index is 2.35. The smallest absolute Gasteiger partial charge is 0.173 e. The van der Waals surface area contributed by atoms with Crippen molar-refractivity contribution in [2.24, 2.45) is 0 Å². The number of aromatic nitrogens is 2. The number of aromatic amines is 1. The van der Waals surface area contributed by atoms with Crippen molar-refractivity contribution >= 4 is 0 Å². The second-order valence-corrected chi connectivity index (χ2v) is 2.39. The normalized spacial score (nSPS) is 10.4. The molecule has 4 heteroatoms. The minimum atomic E-state index is -0.0340. The number of H-pyrrole nitrogens is 1. The standard InChI is InChI=1S/C8H8N2O2/c11-5-6-4-9-8(10-6)7-2-1-3-12-7/h1-4,11H,5H2,(H,9,10). The number of hydrogen-bond acceptors (Lipinski definition) is 3. The van der Waals surface area contributed by atoms with Crippen LogP contribution in [0.25, 0.3) is 11.6 Å². The van der Waals surface area contributed by atoms with Crippen LogP contribution >= 0.6 is 0 Å². The summed E-state index contributed by atoms with van der Waals surface area (Å²) in [6.45, 7) is -0.0340. The molecule has 2 N–H and O–H groups in total. The molecule has 0 saturated carbocycles. The van der Waals surface area contributed by atoms with E-state index in [-0.39, 0.29) is 6.61 Å². The molecule has 2 aromatic rings. The van der Waals surface area contributed by atoms with Crippen molar-refractivity contribution in [3.05, 3.63) is 30.3 Å². The van der Waals surface area contributed by atoms with Crippen LogP contribution in [-0.4, -0.2) is 15.1 Å². The van der Waals surface area contributed by atoms with Gasteiger partial charge >= 0.3 is 0 Å². The Bertz CT molecular complexity index is 351. The lowest BCUT2D eigenvalue weighted by Gasteiger charge is -1.88. The summed E-state index contributed by atoms with van der Waals surface area (Å²) in [5, 5.41) is 8.75. The molecule has 12 heavy (non-hydrogen) atoms. The molecule has 0 saturated heterocycles. The minimum absolute atomic E-state index is 0.0340. The molecule has 2 aromatic heterocycles. The zero-order valence-corrected chi connectivity index (χ0v) is 6.32. The Morgan fingerprint density at radius 3 is 3.08 bits per heavy atom. The predicted molar refractivity (Wildman–Crippen MR) is 42.2 cm³/mol. The van der Waals surface area contributed by atoms with Crippen molar-refractivity contribution < 1.29 is 9.52 Å². The number of furan rings is 1. The van der Waals surface area contributed by atoms with Crippen molar-refractivity contribution in [3.8, 4) is 11.6 Å². The molecule has 0 spiro atoms. The first-order chi connectivity index (χ1) is 5.90. The first-order valence-corrected chi connectivity index (χ1v) is 3.59. The third-order valence-electron chi connectivity index (χ3n) is 1.55. The summed E-state index contributed by atoms with van der Waals surface area (Å²) in [6, 6.07) is 3.59. The number of imidazole rings is 1. The summed E-state index contributed by atoms with van der Waals surface area (Å²) >= 11 is 0. The van der Waals surface area contributed by atoms with Crippen LogP contribution < -0.4 is 0 Å². The third-order valence-corrected chi connectivity index (χ3v) is 1.55. The van der Waals surface area contributed by atoms with E-state index in [1.54, 1.807) is 24.6 Å². The van der Waals surface area contributed by atoms with Gasteiger partial charge in [0.2, 0.25) is 0 Å². The minimum Gasteiger partial charge on any atom is -0.461 e. The highest BCUT2D eigenvalue weighted by atomic mass is 16.3. The van der Waals surface area contributed by atoms with Gasteiger partial charge in [-0.05, 0) is 12.1 Å². The molecule has 0 unspecified atom stereocenters. The van der Waals surface area contributed by atoms with Gasteiger partial charge in [-0.2, -0.15) is 0 Å². The molecule has 0 aliphatic carbocycles. The van der Waals surface area contributed by atoms with E-state index < -0.39 is 0 Å². The maximum Gasteiger partial charge on any atom is 0.173 e. The zero-order chi connectivity index (χ0) is 8.39. The van der Waals surface area contributed by atoms with Gasteiger partial charge < -0.3 is 14.5 Å². The fourth-order valence-corrected chi connectivity index (χ4v) is 0.978. The zero-order valence-electron chi connectivity index (χ0n) is 6.32. The summed E-state index contributed by atoms with van der Waals surface area (Å²) in [5.41, 5.74) is 0.682. The van der Waals surface area contributed by atoms with Gasteiger partial charge in [0.25, 0.3) is 0 Å². The molecule has 4 nitrogen and oxygen atoms in total. The highest BCUT2D eigenvalue weighted by Crippen LogP contribution is 2.15. The maximum absolute atomic E-state index is 8.75. The van der Waals surface area contributed by atoms with Crippen LogP contribution in [0.1, 0.15) is 5.69 Å². The van der Waals surface area contributed by atoms with Gasteiger partial charge in [0.15, 0.2) is 11.6 Å². The van der Waals surface area contributed by atoms with Crippen molar-refractivity contribution in [2.75, 3.05) is 0 Å². The van der Waals surface area contributed by atoms with E-state index in [4.69, 9.17) is 9.52 Å². The fraction of sp³-hybridized carbons (Fsp3) is 0.125. The molecule has 0 amide bonds. The highest BCUT2D eigenvalue weighted by molar-refractivity contribution is 5.46. The lowest BCUT2D eigenvalue weighted by Crippen LogP contribution is -1.81. The van der Waals surface area contributed by atoms with E-state index in [1.807, 2.05) is 0 Å². The van der Waals surface area contributed by atoms with Gasteiger partial charge in [-0.25, -0.2) is 4.98 Å². The van der Waals surface area contributed by atoms with Crippen LogP contribution in [0.2, 0.25) is 0 Å². The predicted octanol–water partition coefficient (Wildman–Crippen LogP) is 1.16. The van der Waals surface area contributed by atoms with Crippen LogP contribution in [0, 0.1) is 0 Å². The highest BCUT2D eigenvalue weighted by Gasteiger charge is 2.03. The molecule has 0 aromatic carbocycles. The Kier molecular flexibility index (Phi) is 1.68. The molecule has 0 fully saturated rings. The Morgan fingerprint density at radius 1 is 1.58 bits per heavy atom. The first-order valence-electron chi connectivity index (χ1n) is 3.59. The van der Waals surface area contributed by atoms with Crippen molar-refractivity contribution in [3.63, 3.8) is 0 Å². The number of aliphatic hydroxyl groups excluding tert-OH is 1. The molecule has 0 radical (unpaired) electrons. The van der Waals surface area contributed by atoms with Gasteiger partial charge in [0, 0.05) is 0 Å².